The SMILES string of the molecule is NC(=O)C(=O)N/N=C(/N)Cn1cncn1. The van der Waals surface area contributed by atoms with Crippen LogP contribution in [0.3, 0.4) is 0 Å². The summed E-state index contributed by atoms with van der Waals surface area (Å²) >= 11 is 0. The minimum Gasteiger partial charge on any atom is -0.384 e. The van der Waals surface area contributed by atoms with Crippen molar-refractivity contribution >= 4 is 17.6 Å². The molecule has 0 spiro atoms. The Morgan fingerprint density at radius 2 is 2.20 bits per heavy atom. The molecule has 9 heteroatoms. The maximum Gasteiger partial charge on any atom is 0.329 e. The Kier molecular flexibility index (Phi) is 3.33. The second kappa shape index (κ2) is 4.69. The van der Waals surface area contributed by atoms with Gasteiger partial charge in [-0.2, -0.15) is 10.2 Å². The molecule has 0 radical (unpaired) electrons. The lowest BCUT2D eigenvalue weighted by Crippen LogP contribution is -2.35. The molecule has 0 saturated heterocycles. The smallest absolute Gasteiger partial charge is 0.329 e. The lowest BCUT2D eigenvalue weighted by molar-refractivity contribution is -0.137. The molecule has 9 nitrogen and oxygen atoms in total. The highest BCUT2D eigenvalue weighted by Crippen LogP contribution is 1.79. The quantitative estimate of drug-likeness (QED) is 0.213. The Labute approximate surface area is 84.1 Å². The molecule has 0 fully saturated rings. The van der Waals surface area contributed by atoms with Gasteiger partial charge in [0, 0.05) is 0 Å². The van der Waals surface area contributed by atoms with E-state index in [0.717, 1.165) is 0 Å². The van der Waals surface area contributed by atoms with Crippen LogP contribution in [0.25, 0.3) is 0 Å². The lowest BCUT2D eigenvalue weighted by Gasteiger charge is -2.00. The molecular weight excluding hydrogens is 202 g/mol. The van der Waals surface area contributed by atoms with Crippen LogP contribution in [0, 0.1) is 0 Å². The third kappa shape index (κ3) is 3.42. The third-order valence-corrected chi connectivity index (χ3v) is 1.32. The number of rotatable bonds is 3. The van der Waals surface area contributed by atoms with E-state index in [1.165, 1.54) is 17.3 Å². The van der Waals surface area contributed by atoms with Gasteiger partial charge in [0.2, 0.25) is 0 Å². The highest BCUT2D eigenvalue weighted by Gasteiger charge is 2.06. The molecule has 2 amide bonds. The Hall–Kier alpha value is -2.45. The molecule has 0 unspecified atom stereocenters. The van der Waals surface area contributed by atoms with Crippen molar-refractivity contribution in [3.8, 4) is 0 Å². The first-order valence-electron chi connectivity index (χ1n) is 3.84. The second-order valence-corrected chi connectivity index (χ2v) is 2.50. The predicted molar refractivity (Wildman–Crippen MR) is 49.0 cm³/mol. The van der Waals surface area contributed by atoms with E-state index in [2.05, 4.69) is 20.9 Å². The minimum atomic E-state index is -1.13. The van der Waals surface area contributed by atoms with Crippen molar-refractivity contribution in [2.24, 2.45) is 16.6 Å². The van der Waals surface area contributed by atoms with Crippen LogP contribution in [-0.2, 0) is 16.1 Å². The lowest BCUT2D eigenvalue weighted by atomic mass is 10.6. The number of hydrazone groups is 1. The Morgan fingerprint density at radius 1 is 1.47 bits per heavy atom. The number of hydrogen-bond acceptors (Lipinski definition) is 5. The molecule has 0 bridgehead atoms. The highest BCUT2D eigenvalue weighted by atomic mass is 16.2. The molecule has 1 rings (SSSR count). The molecule has 1 heterocycles. The number of nitrogens with one attached hydrogen (secondary N) is 1. The van der Waals surface area contributed by atoms with Crippen LogP contribution in [0.4, 0.5) is 0 Å². The highest BCUT2D eigenvalue weighted by molar-refractivity contribution is 6.34. The molecule has 1 aromatic rings. The van der Waals surface area contributed by atoms with Gasteiger partial charge < -0.3 is 11.5 Å². The van der Waals surface area contributed by atoms with Gasteiger partial charge in [-0.15, -0.1) is 0 Å². The van der Waals surface area contributed by atoms with Crippen molar-refractivity contribution < 1.29 is 9.59 Å². The van der Waals surface area contributed by atoms with Crippen LogP contribution in [-0.4, -0.2) is 32.4 Å². The Morgan fingerprint density at radius 3 is 2.73 bits per heavy atom. The van der Waals surface area contributed by atoms with Gasteiger partial charge in [-0.1, -0.05) is 0 Å². The third-order valence-electron chi connectivity index (χ3n) is 1.32. The zero-order valence-corrected chi connectivity index (χ0v) is 7.62. The zero-order valence-electron chi connectivity index (χ0n) is 7.62. The van der Waals surface area contributed by atoms with Crippen LogP contribution in [0.2, 0.25) is 0 Å². The summed E-state index contributed by atoms with van der Waals surface area (Å²) in [6.07, 6.45) is 2.76. The first kappa shape index (κ1) is 10.6. The van der Waals surface area contributed by atoms with Crippen molar-refractivity contribution in [1.29, 1.82) is 0 Å². The Balaban J connectivity index is 2.47. The Bertz CT molecular complexity index is 382. The van der Waals surface area contributed by atoms with Crippen LogP contribution >= 0.6 is 0 Å². The maximum atomic E-state index is 10.7. The fourth-order valence-electron chi connectivity index (χ4n) is 0.693. The minimum absolute atomic E-state index is 0.0649. The summed E-state index contributed by atoms with van der Waals surface area (Å²) in [7, 11) is 0. The van der Waals surface area contributed by atoms with Gasteiger partial charge in [-0.25, -0.2) is 15.1 Å². The molecule has 0 aliphatic rings. The normalized spacial score (nSPS) is 11.1. The number of carbonyl (C=O) groups excluding carboxylic acids is 2. The summed E-state index contributed by atoms with van der Waals surface area (Å²) in [6, 6.07) is 0. The van der Waals surface area contributed by atoms with Gasteiger partial charge >= 0.3 is 11.8 Å². The number of aromatic nitrogens is 3. The number of amides is 2. The summed E-state index contributed by atoms with van der Waals surface area (Å²) in [6.45, 7) is 0.152. The fraction of sp³-hybridized carbons (Fsp3) is 0.167. The molecule has 0 aliphatic heterocycles. The van der Waals surface area contributed by atoms with E-state index in [-0.39, 0.29) is 12.4 Å². The number of primary amides is 1. The average molecular weight is 211 g/mol. The van der Waals surface area contributed by atoms with Gasteiger partial charge in [-0.3, -0.25) is 9.59 Å². The van der Waals surface area contributed by atoms with Crippen LogP contribution in [0.5, 0.6) is 0 Å². The molecule has 5 N–H and O–H groups in total. The zero-order chi connectivity index (χ0) is 11.3. The van der Waals surface area contributed by atoms with E-state index in [0.29, 0.717) is 0 Å². The standard InChI is InChI=1S/C6H9N7O2/c7-4(1-13-3-9-2-10-13)11-12-6(15)5(8)14/h2-3H,1H2,(H2,7,11)(H2,8,14)(H,12,15). The van der Waals surface area contributed by atoms with Gasteiger partial charge in [0.15, 0.2) is 0 Å². The number of nitrogens with zero attached hydrogens (tertiary/aromatic N) is 4. The van der Waals surface area contributed by atoms with E-state index in [4.69, 9.17) is 5.73 Å². The summed E-state index contributed by atoms with van der Waals surface area (Å²) in [5.41, 5.74) is 12.0. The summed E-state index contributed by atoms with van der Waals surface area (Å²) in [5, 5.41) is 7.18. The van der Waals surface area contributed by atoms with Crippen molar-refractivity contribution in [2.75, 3.05) is 0 Å². The summed E-state index contributed by atoms with van der Waals surface area (Å²) < 4.78 is 1.40. The first-order valence-corrected chi connectivity index (χ1v) is 3.84. The van der Waals surface area contributed by atoms with Crippen molar-refractivity contribution in [3.05, 3.63) is 12.7 Å². The van der Waals surface area contributed by atoms with Crippen LogP contribution in [0.1, 0.15) is 0 Å². The fourth-order valence-corrected chi connectivity index (χ4v) is 0.693. The van der Waals surface area contributed by atoms with E-state index < -0.39 is 11.8 Å². The molecule has 1 aromatic heterocycles. The number of nitrogens with two attached hydrogens (primary N) is 2. The molecule has 15 heavy (non-hydrogen) atoms. The molecule has 0 aromatic carbocycles. The number of amidine groups is 1. The molecular formula is C6H9N7O2. The second-order valence-electron chi connectivity index (χ2n) is 2.50. The average Bonchev–Trinajstić information content (AvgIpc) is 2.66. The topological polar surface area (TPSA) is 141 Å². The van der Waals surface area contributed by atoms with Crippen molar-refractivity contribution in [1.82, 2.24) is 20.2 Å². The predicted octanol–water partition coefficient (Wildman–Crippen LogP) is -2.85. The molecule has 0 saturated carbocycles. The number of hydrogen-bond donors (Lipinski definition) is 3. The molecule has 0 atom stereocenters. The monoisotopic (exact) mass is 211 g/mol. The van der Waals surface area contributed by atoms with Crippen LogP contribution < -0.4 is 16.9 Å². The first-order chi connectivity index (χ1) is 7.09. The van der Waals surface area contributed by atoms with E-state index >= 15 is 0 Å². The van der Waals surface area contributed by atoms with E-state index in [1.54, 1.807) is 0 Å². The molecule has 80 valence electrons. The summed E-state index contributed by atoms with van der Waals surface area (Å²) in [4.78, 5) is 24.6. The molecule has 0 aliphatic carbocycles. The van der Waals surface area contributed by atoms with Gasteiger partial charge in [0.05, 0.1) is 0 Å². The van der Waals surface area contributed by atoms with Crippen molar-refractivity contribution in [2.45, 2.75) is 6.54 Å². The van der Waals surface area contributed by atoms with E-state index in [1.807, 2.05) is 5.43 Å². The van der Waals surface area contributed by atoms with E-state index in [9.17, 15) is 9.59 Å². The van der Waals surface area contributed by atoms with Crippen molar-refractivity contribution in [3.63, 3.8) is 0 Å². The largest absolute Gasteiger partial charge is 0.384 e. The van der Waals surface area contributed by atoms with Gasteiger partial charge in [0.1, 0.15) is 25.0 Å². The van der Waals surface area contributed by atoms with Gasteiger partial charge in [-0.05, 0) is 0 Å². The number of carbonyl (C=O) groups is 2. The van der Waals surface area contributed by atoms with Gasteiger partial charge in [0.25, 0.3) is 0 Å². The van der Waals surface area contributed by atoms with Crippen LogP contribution in [0.15, 0.2) is 17.8 Å². The maximum absolute atomic E-state index is 10.7. The summed E-state index contributed by atoms with van der Waals surface area (Å²) in [5.74, 6) is -2.10.